The van der Waals surface area contributed by atoms with Gasteiger partial charge in [-0.3, -0.25) is 9.48 Å². The molecule has 2 aromatic heterocycles. The van der Waals surface area contributed by atoms with E-state index in [1.54, 1.807) is 4.68 Å². The summed E-state index contributed by atoms with van der Waals surface area (Å²) in [4.78, 5) is 19.5. The van der Waals surface area contributed by atoms with E-state index in [0.29, 0.717) is 12.0 Å². The van der Waals surface area contributed by atoms with Crippen LogP contribution in [0.1, 0.15) is 21.7 Å². The van der Waals surface area contributed by atoms with Gasteiger partial charge in [-0.2, -0.15) is 5.10 Å². The van der Waals surface area contributed by atoms with Gasteiger partial charge in [0.05, 0.1) is 17.7 Å². The fraction of sp³-hybridized carbons (Fsp3) is 0.273. The molecule has 2 aromatic rings. The van der Waals surface area contributed by atoms with Gasteiger partial charge in [-0.15, -0.1) is 0 Å². The van der Waals surface area contributed by atoms with E-state index < -0.39 is 0 Å². The molecule has 0 atom stereocenters. The molecule has 0 N–H and O–H groups in total. The third kappa shape index (κ3) is 2.13. The van der Waals surface area contributed by atoms with Crippen LogP contribution in [0.5, 0.6) is 0 Å². The number of carbonyl (C=O) groups excluding carboxylic acids is 1. The van der Waals surface area contributed by atoms with E-state index in [1.807, 2.05) is 20.0 Å². The highest BCUT2D eigenvalue weighted by Gasteiger charge is 2.10. The largest absolute Gasteiger partial charge is 0.294 e. The second-order valence-corrected chi connectivity index (χ2v) is 3.63. The normalized spacial score (nSPS) is 10.4. The molecule has 5 nitrogen and oxygen atoms in total. The molecule has 82 valence electrons. The fourth-order valence-corrected chi connectivity index (χ4v) is 1.54. The summed E-state index contributed by atoms with van der Waals surface area (Å²) >= 11 is 0. The van der Waals surface area contributed by atoms with Crippen LogP contribution in [0.3, 0.4) is 0 Å². The van der Waals surface area contributed by atoms with Gasteiger partial charge in [0.1, 0.15) is 6.33 Å². The molecule has 2 rings (SSSR count). The molecule has 0 radical (unpaired) electrons. The Hall–Kier alpha value is -2.04. The van der Waals surface area contributed by atoms with Gasteiger partial charge in [-0.25, -0.2) is 9.97 Å². The first-order chi connectivity index (χ1) is 7.66. The van der Waals surface area contributed by atoms with Crippen molar-refractivity contribution in [1.29, 1.82) is 0 Å². The molecule has 0 saturated heterocycles. The summed E-state index contributed by atoms with van der Waals surface area (Å²) < 4.78 is 1.72. The van der Waals surface area contributed by atoms with Crippen LogP contribution in [0, 0.1) is 6.92 Å². The van der Waals surface area contributed by atoms with Crippen molar-refractivity contribution in [3.63, 3.8) is 0 Å². The van der Waals surface area contributed by atoms with E-state index in [-0.39, 0.29) is 5.78 Å². The van der Waals surface area contributed by atoms with Crippen LogP contribution >= 0.6 is 0 Å². The minimum Gasteiger partial charge on any atom is -0.294 e. The van der Waals surface area contributed by atoms with Crippen LogP contribution in [0.15, 0.2) is 24.8 Å². The lowest BCUT2D eigenvalue weighted by molar-refractivity contribution is 0.0990. The van der Waals surface area contributed by atoms with Crippen molar-refractivity contribution in [3.8, 4) is 0 Å². The van der Waals surface area contributed by atoms with Crippen molar-refractivity contribution in [2.24, 2.45) is 7.05 Å². The quantitative estimate of drug-likeness (QED) is 0.716. The van der Waals surface area contributed by atoms with Crippen LogP contribution < -0.4 is 0 Å². The lowest BCUT2D eigenvalue weighted by Gasteiger charge is -2.00. The highest BCUT2D eigenvalue weighted by molar-refractivity contribution is 5.96. The first kappa shape index (κ1) is 10.5. The lowest BCUT2D eigenvalue weighted by Crippen LogP contribution is -2.08. The van der Waals surface area contributed by atoms with Gasteiger partial charge in [0.25, 0.3) is 0 Å². The number of carbonyl (C=O) groups is 1. The first-order valence-electron chi connectivity index (χ1n) is 4.94. The first-order valence-corrected chi connectivity index (χ1v) is 4.94. The van der Waals surface area contributed by atoms with Gasteiger partial charge in [-0.05, 0) is 13.0 Å². The summed E-state index contributed by atoms with van der Waals surface area (Å²) in [6.45, 7) is 1.90. The molecule has 0 unspecified atom stereocenters. The number of rotatable bonds is 3. The predicted molar refractivity (Wildman–Crippen MR) is 58.0 cm³/mol. The van der Waals surface area contributed by atoms with Crippen LogP contribution in [-0.4, -0.2) is 25.5 Å². The van der Waals surface area contributed by atoms with Gasteiger partial charge < -0.3 is 0 Å². The van der Waals surface area contributed by atoms with E-state index in [4.69, 9.17) is 0 Å². The molecule has 0 bridgehead atoms. The number of hydrogen-bond donors (Lipinski definition) is 0. The van der Waals surface area contributed by atoms with Gasteiger partial charge in [-0.1, -0.05) is 0 Å². The maximum absolute atomic E-state index is 11.9. The molecule has 0 saturated carbocycles. The van der Waals surface area contributed by atoms with Crippen molar-refractivity contribution < 1.29 is 4.79 Å². The molecule has 0 aromatic carbocycles. The van der Waals surface area contributed by atoms with Crippen LogP contribution in [0.4, 0.5) is 0 Å². The Morgan fingerprint density at radius 3 is 2.62 bits per heavy atom. The third-order valence-electron chi connectivity index (χ3n) is 2.32. The molecule has 0 fully saturated rings. The molecule has 5 heteroatoms. The van der Waals surface area contributed by atoms with E-state index >= 15 is 0 Å². The van der Waals surface area contributed by atoms with E-state index in [2.05, 4.69) is 15.1 Å². The summed E-state index contributed by atoms with van der Waals surface area (Å²) in [5, 5.41) is 4.19. The second kappa shape index (κ2) is 4.22. The molecule has 0 amide bonds. The second-order valence-electron chi connectivity index (χ2n) is 3.63. The fourth-order valence-electron chi connectivity index (χ4n) is 1.54. The number of aryl methyl sites for hydroxylation is 2. The number of aromatic nitrogens is 4. The van der Waals surface area contributed by atoms with Crippen molar-refractivity contribution in [3.05, 3.63) is 41.7 Å². The zero-order valence-corrected chi connectivity index (χ0v) is 9.21. The van der Waals surface area contributed by atoms with Crippen molar-refractivity contribution >= 4 is 5.78 Å². The van der Waals surface area contributed by atoms with E-state index in [1.165, 1.54) is 18.7 Å². The van der Waals surface area contributed by atoms with Crippen molar-refractivity contribution in [2.45, 2.75) is 13.3 Å². The molecule has 0 spiro atoms. The van der Waals surface area contributed by atoms with Gasteiger partial charge in [0.15, 0.2) is 5.78 Å². The number of Topliss-reactive ketones (excluding diaryl/α,β-unsaturated/α-hetero) is 1. The smallest absolute Gasteiger partial charge is 0.171 e. The SMILES string of the molecule is Cc1cc(CC(=O)c2cncnc2)n(C)n1. The molecule has 0 aliphatic rings. The Kier molecular flexibility index (Phi) is 2.76. The summed E-state index contributed by atoms with van der Waals surface area (Å²) in [6, 6.07) is 1.90. The van der Waals surface area contributed by atoms with Gasteiger partial charge >= 0.3 is 0 Å². The van der Waals surface area contributed by atoms with Gasteiger partial charge in [0.2, 0.25) is 0 Å². The van der Waals surface area contributed by atoms with Crippen LogP contribution in [0.2, 0.25) is 0 Å². The average molecular weight is 216 g/mol. The monoisotopic (exact) mass is 216 g/mol. The summed E-state index contributed by atoms with van der Waals surface area (Å²) in [5.41, 5.74) is 2.34. The van der Waals surface area contributed by atoms with E-state index in [9.17, 15) is 4.79 Å². The van der Waals surface area contributed by atoms with Crippen molar-refractivity contribution in [2.75, 3.05) is 0 Å². The molecule has 0 aliphatic carbocycles. The topological polar surface area (TPSA) is 60.7 Å². The molecule has 2 heterocycles. The molecular formula is C11H12N4O. The maximum atomic E-state index is 11.9. The molecule has 0 aliphatic heterocycles. The van der Waals surface area contributed by atoms with Crippen molar-refractivity contribution in [1.82, 2.24) is 19.7 Å². The standard InChI is InChI=1S/C11H12N4O/c1-8-3-10(15(2)14-8)4-11(16)9-5-12-7-13-6-9/h3,5-7H,4H2,1-2H3. The third-order valence-corrected chi connectivity index (χ3v) is 2.32. The van der Waals surface area contributed by atoms with Crippen LogP contribution in [0.25, 0.3) is 0 Å². The molecule has 16 heavy (non-hydrogen) atoms. The Labute approximate surface area is 93.2 Å². The highest BCUT2D eigenvalue weighted by Crippen LogP contribution is 2.06. The highest BCUT2D eigenvalue weighted by atomic mass is 16.1. The zero-order chi connectivity index (χ0) is 11.5. The Balaban J connectivity index is 2.17. The number of nitrogens with zero attached hydrogens (tertiary/aromatic N) is 4. The maximum Gasteiger partial charge on any atom is 0.171 e. The Morgan fingerprint density at radius 2 is 2.06 bits per heavy atom. The summed E-state index contributed by atoms with van der Waals surface area (Å²) in [5.74, 6) is 0.00333. The predicted octanol–water partition coefficient (Wildman–Crippen LogP) is 0.944. The summed E-state index contributed by atoms with van der Waals surface area (Å²) in [6.07, 6.45) is 4.78. The van der Waals surface area contributed by atoms with Crippen LogP contribution in [-0.2, 0) is 13.5 Å². The molecular weight excluding hydrogens is 204 g/mol. The Bertz CT molecular complexity index is 504. The summed E-state index contributed by atoms with van der Waals surface area (Å²) in [7, 11) is 1.83. The Morgan fingerprint density at radius 1 is 1.38 bits per heavy atom. The lowest BCUT2D eigenvalue weighted by atomic mass is 10.1. The van der Waals surface area contributed by atoms with Gasteiger partial charge in [0, 0.05) is 25.1 Å². The van der Waals surface area contributed by atoms with E-state index in [0.717, 1.165) is 11.4 Å². The minimum absolute atomic E-state index is 0.00333. The minimum atomic E-state index is 0.00333. The number of hydrogen-bond acceptors (Lipinski definition) is 4. The number of ketones is 1. The zero-order valence-electron chi connectivity index (χ0n) is 9.21. The average Bonchev–Trinajstić information content (AvgIpc) is 2.59.